The van der Waals surface area contributed by atoms with Gasteiger partial charge in [-0.25, -0.2) is 8.78 Å². The number of nitrogens with zero attached hydrogens (tertiary/aromatic N) is 1. The van der Waals surface area contributed by atoms with Crippen molar-refractivity contribution in [2.75, 3.05) is 11.9 Å². The molecule has 6 heteroatoms. The summed E-state index contributed by atoms with van der Waals surface area (Å²) in [6.45, 7) is -0.245. The first-order valence-corrected chi connectivity index (χ1v) is 8.74. The molecule has 0 saturated heterocycles. The van der Waals surface area contributed by atoms with Crippen molar-refractivity contribution >= 4 is 17.5 Å². The molecule has 0 aliphatic carbocycles. The average Bonchev–Trinajstić information content (AvgIpc) is 2.83. The Balaban J connectivity index is 1.89. The van der Waals surface area contributed by atoms with E-state index in [-0.39, 0.29) is 12.1 Å². The lowest BCUT2D eigenvalue weighted by Crippen LogP contribution is -2.39. The van der Waals surface area contributed by atoms with Gasteiger partial charge in [-0.15, -0.1) is 0 Å². The van der Waals surface area contributed by atoms with E-state index in [4.69, 9.17) is 0 Å². The summed E-state index contributed by atoms with van der Waals surface area (Å²) in [5, 5.41) is 2.72. The molecule has 4 rings (SSSR count). The fraction of sp³-hybridized carbons (Fsp3) is 0.0909. The van der Waals surface area contributed by atoms with Crippen LogP contribution in [0, 0.1) is 11.6 Å². The van der Waals surface area contributed by atoms with Gasteiger partial charge >= 0.3 is 0 Å². The summed E-state index contributed by atoms with van der Waals surface area (Å²) in [7, 11) is 0. The van der Waals surface area contributed by atoms with Crippen LogP contribution < -0.4 is 5.32 Å². The van der Waals surface area contributed by atoms with Crippen LogP contribution in [0.25, 0.3) is 0 Å². The highest BCUT2D eigenvalue weighted by atomic mass is 19.1. The number of carbonyl (C=O) groups excluding carboxylic acids is 2. The molecule has 0 bridgehead atoms. The second-order valence-corrected chi connectivity index (χ2v) is 6.54. The first-order valence-electron chi connectivity index (χ1n) is 8.74. The monoisotopic (exact) mass is 378 g/mol. The van der Waals surface area contributed by atoms with Crippen molar-refractivity contribution in [3.8, 4) is 0 Å². The lowest BCUT2D eigenvalue weighted by molar-refractivity contribution is -0.117. The van der Waals surface area contributed by atoms with Gasteiger partial charge in [-0.05, 0) is 42.0 Å². The maximum atomic E-state index is 14.1. The third-order valence-corrected chi connectivity index (χ3v) is 4.66. The number of rotatable bonds is 2. The summed E-state index contributed by atoms with van der Waals surface area (Å²) >= 11 is 0. The highest BCUT2D eigenvalue weighted by Gasteiger charge is 2.34. The number of benzene rings is 3. The quantitative estimate of drug-likeness (QED) is 0.728. The summed E-state index contributed by atoms with van der Waals surface area (Å²) in [6, 6.07) is 17.7. The van der Waals surface area contributed by atoms with Gasteiger partial charge in [-0.3, -0.25) is 9.59 Å². The van der Waals surface area contributed by atoms with E-state index in [1.807, 2.05) is 6.07 Å². The van der Waals surface area contributed by atoms with Crippen LogP contribution in [0.15, 0.2) is 72.8 Å². The lowest BCUT2D eigenvalue weighted by Gasteiger charge is -2.30. The van der Waals surface area contributed by atoms with Crippen LogP contribution >= 0.6 is 0 Å². The number of hydrogen-bond acceptors (Lipinski definition) is 2. The van der Waals surface area contributed by atoms with E-state index in [2.05, 4.69) is 5.32 Å². The molecule has 0 fully saturated rings. The normalized spacial score (nSPS) is 16.1. The van der Waals surface area contributed by atoms with Gasteiger partial charge in [0.25, 0.3) is 5.91 Å². The molecule has 1 atom stereocenters. The number of amides is 2. The molecule has 140 valence electrons. The molecule has 3 aromatic carbocycles. The summed E-state index contributed by atoms with van der Waals surface area (Å²) in [6.07, 6.45) is 0. The molecule has 1 N–H and O–H groups in total. The summed E-state index contributed by atoms with van der Waals surface area (Å²) in [5.41, 5.74) is 1.74. The molecule has 0 spiro atoms. The first kappa shape index (κ1) is 17.9. The van der Waals surface area contributed by atoms with Gasteiger partial charge < -0.3 is 10.2 Å². The smallest absolute Gasteiger partial charge is 0.255 e. The molecule has 0 unspecified atom stereocenters. The molecule has 1 aliphatic heterocycles. The zero-order valence-corrected chi connectivity index (χ0v) is 14.7. The molecular formula is C22H16F2N2O2. The van der Waals surface area contributed by atoms with Crippen molar-refractivity contribution in [3.05, 3.63) is 101 Å². The van der Waals surface area contributed by atoms with E-state index in [0.717, 1.165) is 11.6 Å². The number of carbonyl (C=O) groups is 2. The van der Waals surface area contributed by atoms with Gasteiger partial charge in [0.2, 0.25) is 5.91 Å². The number of fused-ring (bicyclic) bond motifs is 1. The van der Waals surface area contributed by atoms with E-state index in [1.165, 1.54) is 41.3 Å². The minimum atomic E-state index is -0.707. The van der Waals surface area contributed by atoms with Crippen molar-refractivity contribution in [2.24, 2.45) is 0 Å². The van der Waals surface area contributed by atoms with Crippen LogP contribution in [0.4, 0.5) is 14.5 Å². The molecule has 28 heavy (non-hydrogen) atoms. The number of hydrogen-bond donors (Lipinski definition) is 1. The Morgan fingerprint density at radius 3 is 2.43 bits per heavy atom. The molecule has 4 nitrogen and oxygen atoms in total. The van der Waals surface area contributed by atoms with E-state index >= 15 is 0 Å². The fourth-order valence-electron chi connectivity index (χ4n) is 3.45. The maximum Gasteiger partial charge on any atom is 0.255 e. The van der Waals surface area contributed by atoms with E-state index in [0.29, 0.717) is 11.3 Å². The zero-order valence-electron chi connectivity index (χ0n) is 14.7. The molecular weight excluding hydrogens is 362 g/mol. The van der Waals surface area contributed by atoms with Gasteiger partial charge in [-0.1, -0.05) is 36.4 Å². The van der Waals surface area contributed by atoms with Crippen molar-refractivity contribution < 1.29 is 18.4 Å². The summed E-state index contributed by atoms with van der Waals surface area (Å²) < 4.78 is 27.7. The lowest BCUT2D eigenvalue weighted by atomic mass is 9.95. The van der Waals surface area contributed by atoms with Crippen LogP contribution in [-0.2, 0) is 4.79 Å². The molecule has 3 aromatic rings. The van der Waals surface area contributed by atoms with E-state index in [9.17, 15) is 18.4 Å². The summed E-state index contributed by atoms with van der Waals surface area (Å²) in [5.74, 6) is -1.95. The Morgan fingerprint density at radius 1 is 0.929 bits per heavy atom. The SMILES string of the molecule is O=C1CN(C(=O)c2cccc(F)c2)[C@@H](c2ccccc2)c2cc(F)ccc2N1. The highest BCUT2D eigenvalue weighted by Crippen LogP contribution is 2.36. The minimum Gasteiger partial charge on any atom is -0.324 e. The van der Waals surface area contributed by atoms with E-state index in [1.54, 1.807) is 24.3 Å². The Bertz CT molecular complexity index is 1050. The van der Waals surface area contributed by atoms with Crippen LogP contribution in [-0.4, -0.2) is 23.3 Å². The Kier molecular flexibility index (Phi) is 4.61. The van der Waals surface area contributed by atoms with Crippen molar-refractivity contribution in [1.29, 1.82) is 0 Å². The molecule has 0 saturated carbocycles. The van der Waals surface area contributed by atoms with Gasteiger partial charge in [0.1, 0.15) is 18.2 Å². The van der Waals surface area contributed by atoms with Crippen molar-refractivity contribution in [1.82, 2.24) is 4.90 Å². The average molecular weight is 378 g/mol. The van der Waals surface area contributed by atoms with Gasteiger partial charge in [-0.2, -0.15) is 0 Å². The molecule has 2 amide bonds. The summed E-state index contributed by atoms with van der Waals surface area (Å²) in [4.78, 5) is 27.0. The predicted octanol–water partition coefficient (Wildman–Crippen LogP) is 4.15. The van der Waals surface area contributed by atoms with Crippen molar-refractivity contribution in [2.45, 2.75) is 6.04 Å². The largest absolute Gasteiger partial charge is 0.324 e. The highest BCUT2D eigenvalue weighted by molar-refractivity contribution is 6.01. The predicted molar refractivity (Wildman–Crippen MR) is 101 cm³/mol. The van der Waals surface area contributed by atoms with Crippen LogP contribution in [0.1, 0.15) is 27.5 Å². The Labute approximate surface area is 160 Å². The molecule has 1 aliphatic rings. The topological polar surface area (TPSA) is 49.4 Å². The molecule has 1 heterocycles. The van der Waals surface area contributed by atoms with Crippen LogP contribution in [0.2, 0.25) is 0 Å². The standard InChI is InChI=1S/C22H16F2N2O2/c23-16-8-4-7-15(11-16)22(28)26-13-20(27)25-19-10-9-17(24)12-18(19)21(26)14-5-2-1-3-6-14/h1-12,21H,13H2,(H,25,27)/t21-/m0/s1. The minimum absolute atomic E-state index is 0.119. The maximum absolute atomic E-state index is 14.1. The second kappa shape index (κ2) is 7.23. The molecule has 0 radical (unpaired) electrons. The van der Waals surface area contributed by atoms with Gasteiger partial charge in [0.15, 0.2) is 0 Å². The zero-order chi connectivity index (χ0) is 19.7. The number of halogens is 2. The number of nitrogens with one attached hydrogen (secondary N) is 1. The molecule has 0 aromatic heterocycles. The Morgan fingerprint density at radius 2 is 1.68 bits per heavy atom. The van der Waals surface area contributed by atoms with Gasteiger partial charge in [0, 0.05) is 16.8 Å². The second-order valence-electron chi connectivity index (χ2n) is 6.54. The Hall–Kier alpha value is -3.54. The third-order valence-electron chi connectivity index (χ3n) is 4.66. The fourth-order valence-corrected chi connectivity index (χ4v) is 3.45. The van der Waals surface area contributed by atoms with Crippen LogP contribution in [0.3, 0.4) is 0 Å². The third kappa shape index (κ3) is 3.36. The number of anilines is 1. The first-order chi connectivity index (χ1) is 13.5. The van der Waals surface area contributed by atoms with Crippen LogP contribution in [0.5, 0.6) is 0 Å². The van der Waals surface area contributed by atoms with Crippen molar-refractivity contribution in [3.63, 3.8) is 0 Å². The van der Waals surface area contributed by atoms with Gasteiger partial charge in [0.05, 0.1) is 6.04 Å². The van der Waals surface area contributed by atoms with E-state index < -0.39 is 29.5 Å².